The molecule has 0 bridgehead atoms. The summed E-state index contributed by atoms with van der Waals surface area (Å²) in [4.78, 5) is 25.3. The first-order valence-electron chi connectivity index (χ1n) is 6.18. The lowest BCUT2D eigenvalue weighted by Gasteiger charge is -2.21. The lowest BCUT2D eigenvalue weighted by molar-refractivity contribution is -0.131. The molecule has 0 saturated carbocycles. The molecule has 104 valence electrons. The van der Waals surface area contributed by atoms with Gasteiger partial charge in [0.05, 0.1) is 5.56 Å². The number of esters is 1. The second kappa shape index (κ2) is 6.70. The molecular formula is C14H18BrNO3. The molecule has 5 heteroatoms. The van der Waals surface area contributed by atoms with E-state index >= 15 is 0 Å². The highest BCUT2D eigenvalue weighted by atomic mass is 79.9. The van der Waals surface area contributed by atoms with Crippen molar-refractivity contribution in [3.05, 3.63) is 27.7 Å². The first-order valence-corrected chi connectivity index (χ1v) is 6.97. The van der Waals surface area contributed by atoms with Crippen LogP contribution < -0.4 is 4.74 Å². The standard InChI is InChI=1S/C14H18BrNO3/c1-5-16(6-2)14(18)12-8-11(15)7-9(3)13(12)19-10(4)17/h7-8H,5-6H2,1-4H3. The molecule has 1 aromatic carbocycles. The number of carbonyl (C=O) groups is 2. The van der Waals surface area contributed by atoms with Crippen LogP contribution in [0.1, 0.15) is 36.7 Å². The summed E-state index contributed by atoms with van der Waals surface area (Å²) in [6.45, 7) is 8.19. The van der Waals surface area contributed by atoms with Crippen LogP contribution in [0.5, 0.6) is 5.75 Å². The molecule has 0 aliphatic heterocycles. The van der Waals surface area contributed by atoms with Crippen molar-refractivity contribution in [1.82, 2.24) is 4.90 Å². The van der Waals surface area contributed by atoms with E-state index in [4.69, 9.17) is 4.74 Å². The number of carbonyl (C=O) groups excluding carboxylic acids is 2. The molecule has 0 spiro atoms. The second-order valence-electron chi connectivity index (χ2n) is 4.17. The zero-order valence-corrected chi connectivity index (χ0v) is 13.2. The number of halogens is 1. The van der Waals surface area contributed by atoms with Gasteiger partial charge in [-0.1, -0.05) is 15.9 Å². The minimum absolute atomic E-state index is 0.134. The quantitative estimate of drug-likeness (QED) is 0.630. The molecule has 0 aromatic heterocycles. The number of aryl methyl sites for hydroxylation is 1. The topological polar surface area (TPSA) is 46.6 Å². The molecule has 0 saturated heterocycles. The Hall–Kier alpha value is -1.36. The van der Waals surface area contributed by atoms with Gasteiger partial charge in [-0.3, -0.25) is 9.59 Å². The van der Waals surface area contributed by atoms with Gasteiger partial charge >= 0.3 is 5.97 Å². The highest BCUT2D eigenvalue weighted by molar-refractivity contribution is 9.10. The Bertz CT molecular complexity index is 496. The molecule has 0 unspecified atom stereocenters. The monoisotopic (exact) mass is 327 g/mol. The van der Waals surface area contributed by atoms with Gasteiger partial charge in [0.2, 0.25) is 0 Å². The molecule has 1 aromatic rings. The third-order valence-corrected chi connectivity index (χ3v) is 3.22. The van der Waals surface area contributed by atoms with E-state index in [-0.39, 0.29) is 5.91 Å². The molecular weight excluding hydrogens is 310 g/mol. The van der Waals surface area contributed by atoms with E-state index in [9.17, 15) is 9.59 Å². The highest BCUT2D eigenvalue weighted by Crippen LogP contribution is 2.29. The second-order valence-corrected chi connectivity index (χ2v) is 5.09. The predicted molar refractivity (Wildman–Crippen MR) is 77.4 cm³/mol. The van der Waals surface area contributed by atoms with Gasteiger partial charge in [0.1, 0.15) is 5.75 Å². The van der Waals surface area contributed by atoms with Crippen LogP contribution in [-0.2, 0) is 4.79 Å². The van der Waals surface area contributed by atoms with Gasteiger partial charge in [-0.2, -0.15) is 0 Å². The molecule has 4 nitrogen and oxygen atoms in total. The summed E-state index contributed by atoms with van der Waals surface area (Å²) in [5, 5.41) is 0. The Morgan fingerprint density at radius 2 is 1.84 bits per heavy atom. The number of hydrogen-bond acceptors (Lipinski definition) is 3. The highest BCUT2D eigenvalue weighted by Gasteiger charge is 2.21. The molecule has 1 rings (SSSR count). The van der Waals surface area contributed by atoms with Crippen molar-refractivity contribution in [2.24, 2.45) is 0 Å². The molecule has 0 aliphatic carbocycles. The number of hydrogen-bond donors (Lipinski definition) is 0. The van der Waals surface area contributed by atoms with Gasteiger partial charge in [0.15, 0.2) is 0 Å². The predicted octanol–water partition coefficient (Wildman–Crippen LogP) is 3.16. The molecule has 19 heavy (non-hydrogen) atoms. The van der Waals surface area contributed by atoms with Crippen LogP contribution in [0.25, 0.3) is 0 Å². The molecule has 0 heterocycles. The van der Waals surface area contributed by atoms with Crippen LogP contribution in [-0.4, -0.2) is 29.9 Å². The summed E-state index contributed by atoms with van der Waals surface area (Å²) in [6, 6.07) is 3.50. The SMILES string of the molecule is CCN(CC)C(=O)c1cc(Br)cc(C)c1OC(C)=O. The average molecular weight is 328 g/mol. The minimum Gasteiger partial charge on any atom is -0.426 e. The molecule has 1 amide bonds. The largest absolute Gasteiger partial charge is 0.426 e. The molecule has 0 aliphatic rings. The number of nitrogens with zero attached hydrogens (tertiary/aromatic N) is 1. The zero-order chi connectivity index (χ0) is 14.6. The summed E-state index contributed by atoms with van der Waals surface area (Å²) in [6.07, 6.45) is 0. The normalized spacial score (nSPS) is 10.2. The number of rotatable bonds is 4. The summed E-state index contributed by atoms with van der Waals surface area (Å²) in [5.41, 5.74) is 1.16. The summed E-state index contributed by atoms with van der Waals surface area (Å²) < 4.78 is 5.97. The van der Waals surface area contributed by atoms with Crippen molar-refractivity contribution in [3.63, 3.8) is 0 Å². The Kier molecular flexibility index (Phi) is 5.54. The van der Waals surface area contributed by atoms with E-state index in [1.807, 2.05) is 26.8 Å². The Morgan fingerprint density at radius 3 is 2.32 bits per heavy atom. The van der Waals surface area contributed by atoms with Crippen LogP contribution in [0.3, 0.4) is 0 Å². The van der Waals surface area contributed by atoms with E-state index in [0.29, 0.717) is 24.4 Å². The van der Waals surface area contributed by atoms with Crippen molar-refractivity contribution in [2.45, 2.75) is 27.7 Å². The Balaban J connectivity index is 3.31. The number of benzene rings is 1. The van der Waals surface area contributed by atoms with Crippen molar-refractivity contribution < 1.29 is 14.3 Å². The molecule has 0 radical (unpaired) electrons. The summed E-state index contributed by atoms with van der Waals surface area (Å²) in [7, 11) is 0. The van der Waals surface area contributed by atoms with Crippen LogP contribution >= 0.6 is 15.9 Å². The fourth-order valence-electron chi connectivity index (χ4n) is 1.85. The van der Waals surface area contributed by atoms with Crippen molar-refractivity contribution in [1.29, 1.82) is 0 Å². The molecule has 0 N–H and O–H groups in total. The smallest absolute Gasteiger partial charge is 0.308 e. The van der Waals surface area contributed by atoms with Gasteiger partial charge in [0.25, 0.3) is 5.91 Å². The maximum atomic E-state index is 12.4. The number of ether oxygens (including phenoxy) is 1. The van der Waals surface area contributed by atoms with Gasteiger partial charge in [-0.15, -0.1) is 0 Å². The van der Waals surface area contributed by atoms with Crippen molar-refractivity contribution in [3.8, 4) is 5.75 Å². The van der Waals surface area contributed by atoms with E-state index in [2.05, 4.69) is 15.9 Å². The molecule has 0 fully saturated rings. The van der Waals surface area contributed by atoms with E-state index in [1.165, 1.54) is 6.92 Å². The lowest BCUT2D eigenvalue weighted by Crippen LogP contribution is -2.31. The lowest BCUT2D eigenvalue weighted by atomic mass is 10.1. The maximum Gasteiger partial charge on any atom is 0.308 e. The van der Waals surface area contributed by atoms with E-state index < -0.39 is 5.97 Å². The van der Waals surface area contributed by atoms with Crippen LogP contribution in [0.15, 0.2) is 16.6 Å². The average Bonchev–Trinajstić information content (AvgIpc) is 2.33. The Morgan fingerprint density at radius 1 is 1.26 bits per heavy atom. The first-order chi connectivity index (χ1) is 8.90. The third-order valence-electron chi connectivity index (χ3n) is 2.77. The third kappa shape index (κ3) is 3.80. The van der Waals surface area contributed by atoms with Gasteiger partial charge in [0, 0.05) is 24.5 Å². The van der Waals surface area contributed by atoms with E-state index in [1.54, 1.807) is 11.0 Å². The minimum atomic E-state index is -0.431. The maximum absolute atomic E-state index is 12.4. The first kappa shape index (κ1) is 15.7. The van der Waals surface area contributed by atoms with Crippen molar-refractivity contribution in [2.75, 3.05) is 13.1 Å². The fraction of sp³-hybridized carbons (Fsp3) is 0.429. The van der Waals surface area contributed by atoms with Crippen molar-refractivity contribution >= 4 is 27.8 Å². The summed E-state index contributed by atoms with van der Waals surface area (Å²) in [5.74, 6) is -0.225. The zero-order valence-electron chi connectivity index (χ0n) is 11.6. The van der Waals surface area contributed by atoms with Gasteiger partial charge in [-0.05, 0) is 38.5 Å². The number of amides is 1. The Labute approximate surface area is 121 Å². The van der Waals surface area contributed by atoms with Crippen LogP contribution in [0.2, 0.25) is 0 Å². The summed E-state index contributed by atoms with van der Waals surface area (Å²) >= 11 is 3.36. The van der Waals surface area contributed by atoms with Gasteiger partial charge in [-0.25, -0.2) is 0 Å². The fourth-order valence-corrected chi connectivity index (χ4v) is 2.42. The van der Waals surface area contributed by atoms with Crippen LogP contribution in [0.4, 0.5) is 0 Å². The van der Waals surface area contributed by atoms with Gasteiger partial charge < -0.3 is 9.64 Å². The molecule has 0 atom stereocenters. The van der Waals surface area contributed by atoms with Crippen LogP contribution in [0, 0.1) is 6.92 Å². The van der Waals surface area contributed by atoms with E-state index in [0.717, 1.165) is 10.0 Å².